The van der Waals surface area contributed by atoms with E-state index in [2.05, 4.69) is 5.43 Å². The summed E-state index contributed by atoms with van der Waals surface area (Å²) in [6, 6.07) is 24.3. The standard InChI is InChI=1S/C39H33Cl2N5O7/c1-3-53-32-11-7-10-27(34(32)47)33-26-18-19-43-37(50)44(24-8-5-4-6-9-24)38(51)46(43)31(26)21-28-35(48)45(42-30-17-14-23(40)20-29(30)41)36(49)39(28,33)22-12-15-25(52-2)16-13-22/h4-18,20,28,31,33,42,47H,3,19,21H2,1-2H3/t28-,31+,33+,39+/m0/s1. The highest BCUT2D eigenvalue weighted by Gasteiger charge is 2.69. The van der Waals surface area contributed by atoms with Crippen LogP contribution in [0.15, 0.2) is 112 Å². The quantitative estimate of drug-likeness (QED) is 0.149. The van der Waals surface area contributed by atoms with E-state index >= 15 is 4.79 Å². The lowest BCUT2D eigenvalue weighted by atomic mass is 9.53. The van der Waals surface area contributed by atoms with E-state index in [9.17, 15) is 19.5 Å². The van der Waals surface area contributed by atoms with E-state index in [1.165, 1.54) is 22.5 Å². The van der Waals surface area contributed by atoms with Crippen LogP contribution in [0.1, 0.15) is 36.4 Å². The van der Waals surface area contributed by atoms with Crippen LogP contribution in [-0.2, 0) is 21.5 Å². The normalized spacial score (nSPS) is 21.8. The number of rotatable bonds is 8. The number of fused-ring (bicyclic) bond motifs is 4. The molecule has 8 rings (SSSR count). The molecular formula is C39H33Cl2N5O7. The lowest BCUT2D eigenvalue weighted by Crippen LogP contribution is -2.53. The van der Waals surface area contributed by atoms with Crippen LogP contribution < -0.4 is 26.3 Å². The van der Waals surface area contributed by atoms with Crippen LogP contribution >= 0.6 is 23.2 Å². The fourth-order valence-electron chi connectivity index (χ4n) is 8.29. The highest BCUT2D eigenvalue weighted by molar-refractivity contribution is 6.36. The number of carbonyl (C=O) groups excluding carboxylic acids is 2. The number of hydrogen-bond acceptors (Lipinski definition) is 8. The van der Waals surface area contributed by atoms with Crippen LogP contribution in [0.25, 0.3) is 5.69 Å². The van der Waals surface area contributed by atoms with E-state index in [-0.39, 0.29) is 41.8 Å². The van der Waals surface area contributed by atoms with Crippen LogP contribution in [0, 0.1) is 5.92 Å². The zero-order valence-electron chi connectivity index (χ0n) is 28.5. The maximum atomic E-state index is 15.4. The molecule has 0 bridgehead atoms. The first kappa shape index (κ1) is 34.4. The SMILES string of the molecule is CCOc1cccc([C@H]2C3=CCn4c(=O)n(-c5ccccc5)c(=O)n4[C@@H]3C[C@H]3C(=O)N(Nc4ccc(Cl)cc4Cl)C(=O)[C@@]23c2ccc(OC)cc2)c1O. The highest BCUT2D eigenvalue weighted by Crippen LogP contribution is 2.63. The maximum Gasteiger partial charge on any atom is 0.352 e. The van der Waals surface area contributed by atoms with Gasteiger partial charge in [0.15, 0.2) is 11.5 Å². The molecule has 4 aromatic carbocycles. The minimum Gasteiger partial charge on any atom is -0.504 e. The first-order chi connectivity index (χ1) is 25.6. The van der Waals surface area contributed by atoms with Gasteiger partial charge in [0, 0.05) is 16.5 Å². The Labute approximate surface area is 312 Å². The summed E-state index contributed by atoms with van der Waals surface area (Å²) in [5, 5.41) is 13.4. The van der Waals surface area contributed by atoms with Gasteiger partial charge in [0.2, 0.25) is 0 Å². The van der Waals surface area contributed by atoms with Gasteiger partial charge >= 0.3 is 11.4 Å². The Bertz CT molecular complexity index is 2440. The van der Waals surface area contributed by atoms with Crippen molar-refractivity contribution in [3.8, 4) is 22.9 Å². The van der Waals surface area contributed by atoms with Crippen LogP contribution in [-0.4, -0.2) is 49.6 Å². The monoisotopic (exact) mass is 753 g/mol. The molecule has 2 amide bonds. The molecule has 3 heterocycles. The molecule has 2 N–H and O–H groups in total. The number of nitrogens with zero attached hydrogens (tertiary/aromatic N) is 4. The molecule has 12 nitrogen and oxygen atoms in total. The van der Waals surface area contributed by atoms with Gasteiger partial charge in [-0.05, 0) is 73.0 Å². The molecular weight excluding hydrogens is 721 g/mol. The predicted octanol–water partition coefficient (Wildman–Crippen LogP) is 5.84. The number of hydrazine groups is 1. The number of aromatic nitrogens is 3. The second kappa shape index (κ2) is 13.0. The van der Waals surface area contributed by atoms with Gasteiger partial charge in [-0.3, -0.25) is 15.0 Å². The summed E-state index contributed by atoms with van der Waals surface area (Å²) in [6.45, 7) is 2.04. The zero-order valence-corrected chi connectivity index (χ0v) is 30.0. The fraction of sp³-hybridized carbons (Fsp3) is 0.231. The Morgan fingerprint density at radius 1 is 0.925 bits per heavy atom. The number of amides is 2. The average Bonchev–Trinajstić information content (AvgIpc) is 3.54. The van der Waals surface area contributed by atoms with E-state index in [1.54, 1.807) is 91.9 Å². The third kappa shape index (κ3) is 5.11. The van der Waals surface area contributed by atoms with E-state index in [4.69, 9.17) is 32.7 Å². The van der Waals surface area contributed by atoms with Crippen molar-refractivity contribution in [2.24, 2.45) is 5.92 Å². The van der Waals surface area contributed by atoms with Crippen LogP contribution in [0.4, 0.5) is 5.69 Å². The molecule has 5 aromatic rings. The van der Waals surface area contributed by atoms with Crippen molar-refractivity contribution in [1.82, 2.24) is 18.9 Å². The summed E-state index contributed by atoms with van der Waals surface area (Å²) >= 11 is 12.7. The molecule has 4 atom stereocenters. The Morgan fingerprint density at radius 3 is 2.38 bits per heavy atom. The smallest absolute Gasteiger partial charge is 0.352 e. The fourth-order valence-corrected chi connectivity index (χ4v) is 8.74. The summed E-state index contributed by atoms with van der Waals surface area (Å²) in [4.78, 5) is 58.6. The van der Waals surface area contributed by atoms with Crippen molar-refractivity contribution in [1.29, 1.82) is 0 Å². The molecule has 0 radical (unpaired) electrons. The average molecular weight is 755 g/mol. The molecule has 1 aliphatic carbocycles. The molecule has 2 aliphatic heterocycles. The number of allylic oxidation sites excluding steroid dienone is 2. The topological polar surface area (TPSA) is 137 Å². The minimum absolute atomic E-state index is 0.00397. The summed E-state index contributed by atoms with van der Waals surface area (Å²) in [7, 11) is 1.53. The van der Waals surface area contributed by atoms with Gasteiger partial charge in [-0.2, -0.15) is 5.01 Å². The van der Waals surface area contributed by atoms with Gasteiger partial charge in [0.1, 0.15) is 5.75 Å². The molecule has 53 heavy (non-hydrogen) atoms. The third-order valence-corrected chi connectivity index (χ3v) is 11.0. The second-order valence-electron chi connectivity index (χ2n) is 13.0. The van der Waals surface area contributed by atoms with Crippen molar-refractivity contribution >= 4 is 40.7 Å². The van der Waals surface area contributed by atoms with Gasteiger partial charge in [-0.1, -0.05) is 71.7 Å². The van der Waals surface area contributed by atoms with Gasteiger partial charge < -0.3 is 14.6 Å². The summed E-state index contributed by atoms with van der Waals surface area (Å²) < 4.78 is 15.1. The van der Waals surface area contributed by atoms with Crippen molar-refractivity contribution in [3.63, 3.8) is 0 Å². The molecule has 0 spiro atoms. The molecule has 0 unspecified atom stereocenters. The number of anilines is 1. The maximum absolute atomic E-state index is 15.4. The number of hydrogen-bond donors (Lipinski definition) is 2. The second-order valence-corrected chi connectivity index (χ2v) is 13.9. The first-order valence-corrected chi connectivity index (χ1v) is 17.8. The van der Waals surface area contributed by atoms with Crippen LogP contribution in [0.3, 0.4) is 0 Å². The predicted molar refractivity (Wildman–Crippen MR) is 198 cm³/mol. The molecule has 2 fully saturated rings. The number of carbonyl (C=O) groups is 2. The summed E-state index contributed by atoms with van der Waals surface area (Å²) in [6.07, 6.45) is 1.79. The highest BCUT2D eigenvalue weighted by atomic mass is 35.5. The molecule has 1 saturated carbocycles. The van der Waals surface area contributed by atoms with Crippen molar-refractivity contribution in [3.05, 3.63) is 145 Å². The van der Waals surface area contributed by atoms with E-state index in [0.717, 1.165) is 9.58 Å². The third-order valence-electron chi connectivity index (χ3n) is 10.5. The van der Waals surface area contributed by atoms with E-state index in [0.29, 0.717) is 33.2 Å². The van der Waals surface area contributed by atoms with Crippen LogP contribution in [0.5, 0.6) is 17.2 Å². The Balaban J connectivity index is 1.40. The number of benzene rings is 4. The van der Waals surface area contributed by atoms with E-state index < -0.39 is 46.5 Å². The number of methoxy groups -OCH3 is 1. The van der Waals surface area contributed by atoms with Gasteiger partial charge in [-0.25, -0.2) is 23.5 Å². The molecule has 14 heteroatoms. The van der Waals surface area contributed by atoms with Gasteiger partial charge in [0.05, 0.1) is 54.0 Å². The molecule has 1 saturated heterocycles. The summed E-state index contributed by atoms with van der Waals surface area (Å²) in [5.74, 6) is -2.82. The lowest BCUT2D eigenvalue weighted by Gasteiger charge is -2.49. The van der Waals surface area contributed by atoms with Crippen LogP contribution in [0.2, 0.25) is 10.0 Å². The van der Waals surface area contributed by atoms with E-state index in [1.807, 2.05) is 6.08 Å². The Kier molecular flexibility index (Phi) is 8.46. The number of halogens is 2. The molecule has 270 valence electrons. The number of imide groups is 1. The van der Waals surface area contributed by atoms with Crippen molar-refractivity contribution in [2.75, 3.05) is 19.1 Å². The van der Waals surface area contributed by atoms with Crippen molar-refractivity contribution in [2.45, 2.75) is 37.3 Å². The lowest BCUT2D eigenvalue weighted by molar-refractivity contribution is -0.138. The Morgan fingerprint density at radius 2 is 1.68 bits per heavy atom. The largest absolute Gasteiger partial charge is 0.504 e. The first-order valence-electron chi connectivity index (χ1n) is 17.0. The summed E-state index contributed by atoms with van der Waals surface area (Å²) in [5.41, 5.74) is 2.18. The number of para-hydroxylation sites is 2. The zero-order chi connectivity index (χ0) is 37.2. The Hall–Kier alpha value is -5.72. The number of phenolic OH excluding ortho intramolecular Hbond substituents is 1. The number of ether oxygens (including phenoxy) is 2. The molecule has 1 aromatic heterocycles. The number of aromatic hydroxyl groups is 1. The number of nitrogens with one attached hydrogen (secondary N) is 1. The molecule has 3 aliphatic rings. The van der Waals surface area contributed by atoms with Crippen molar-refractivity contribution < 1.29 is 24.2 Å². The number of phenols is 1. The van der Waals surface area contributed by atoms with Gasteiger partial charge in [0.25, 0.3) is 11.8 Å². The minimum atomic E-state index is -1.67. The van der Waals surface area contributed by atoms with Gasteiger partial charge in [-0.15, -0.1) is 0 Å².